The summed E-state index contributed by atoms with van der Waals surface area (Å²) in [6.45, 7) is 3.57. The predicted octanol–water partition coefficient (Wildman–Crippen LogP) is 3.93. The van der Waals surface area contributed by atoms with Gasteiger partial charge < -0.3 is 15.2 Å². The van der Waals surface area contributed by atoms with E-state index in [9.17, 15) is 24.3 Å². The van der Waals surface area contributed by atoms with Crippen LogP contribution < -0.4 is 5.32 Å². The van der Waals surface area contributed by atoms with Crippen molar-refractivity contribution in [1.29, 1.82) is 0 Å². The molecule has 4 rings (SSSR count). The van der Waals surface area contributed by atoms with E-state index in [0.717, 1.165) is 11.1 Å². The molecular weight excluding hydrogens is 422 g/mol. The number of esters is 1. The molecule has 2 N–H and O–H groups in total. The first-order valence-electron chi connectivity index (χ1n) is 10.3. The van der Waals surface area contributed by atoms with Gasteiger partial charge in [-0.2, -0.15) is 0 Å². The normalized spacial score (nSPS) is 15.3. The highest BCUT2D eigenvalue weighted by molar-refractivity contribution is 6.45. The second-order valence-corrected chi connectivity index (χ2v) is 7.86. The molecule has 0 spiro atoms. The summed E-state index contributed by atoms with van der Waals surface area (Å²) in [4.78, 5) is 52.2. The molecule has 7 heteroatoms. The van der Waals surface area contributed by atoms with Crippen LogP contribution in [0, 0.1) is 19.8 Å². The van der Waals surface area contributed by atoms with Crippen LogP contribution in [0.1, 0.15) is 43.5 Å². The molecule has 1 amide bonds. The molecule has 0 unspecified atom stereocenters. The number of para-hydroxylation sites is 2. The number of aromatic hydroxyl groups is 1. The Kier molecular flexibility index (Phi) is 5.79. The Morgan fingerprint density at radius 1 is 0.909 bits per heavy atom. The number of phenolic OH excluding ortho intramolecular Hbond substituents is 1. The molecular formula is C26H21NO6. The van der Waals surface area contributed by atoms with E-state index in [-0.39, 0.29) is 16.9 Å². The van der Waals surface area contributed by atoms with E-state index in [0.29, 0.717) is 11.3 Å². The molecule has 0 radical (unpaired) electrons. The van der Waals surface area contributed by atoms with E-state index in [1.54, 1.807) is 44.2 Å². The van der Waals surface area contributed by atoms with Gasteiger partial charge in [-0.25, -0.2) is 4.79 Å². The fourth-order valence-corrected chi connectivity index (χ4v) is 3.99. The molecule has 0 saturated carbocycles. The van der Waals surface area contributed by atoms with Crippen molar-refractivity contribution in [3.05, 3.63) is 94.5 Å². The third-order valence-corrected chi connectivity index (χ3v) is 5.70. The molecule has 7 nitrogen and oxygen atoms in total. The van der Waals surface area contributed by atoms with Gasteiger partial charge in [0.05, 0.1) is 11.1 Å². The van der Waals surface area contributed by atoms with E-state index in [1.807, 2.05) is 6.07 Å². The van der Waals surface area contributed by atoms with Crippen molar-refractivity contribution in [2.45, 2.75) is 20.0 Å². The van der Waals surface area contributed by atoms with E-state index >= 15 is 0 Å². The lowest BCUT2D eigenvalue weighted by Crippen LogP contribution is -2.38. The molecule has 3 aromatic carbocycles. The molecule has 0 saturated heterocycles. The van der Waals surface area contributed by atoms with Crippen LogP contribution in [0.15, 0.2) is 66.7 Å². The number of cyclic esters (lactones) is 1. The molecule has 0 aliphatic carbocycles. The predicted molar refractivity (Wildman–Crippen MR) is 120 cm³/mol. The number of Topliss-reactive ketones (excluding diaryl/α,β-unsaturated/α-hetero) is 2. The fraction of sp³-hybridized carbons (Fsp3) is 0.154. The second-order valence-electron chi connectivity index (χ2n) is 7.86. The van der Waals surface area contributed by atoms with E-state index in [2.05, 4.69) is 5.32 Å². The van der Waals surface area contributed by atoms with Crippen molar-refractivity contribution in [3.63, 3.8) is 0 Å². The van der Waals surface area contributed by atoms with Crippen LogP contribution in [0.5, 0.6) is 5.75 Å². The van der Waals surface area contributed by atoms with Gasteiger partial charge in [-0.05, 0) is 43.2 Å². The number of benzene rings is 3. The monoisotopic (exact) mass is 443 g/mol. The summed E-state index contributed by atoms with van der Waals surface area (Å²) < 4.78 is 5.40. The Bertz CT molecular complexity index is 1280. The Morgan fingerprint density at radius 3 is 2.24 bits per heavy atom. The summed E-state index contributed by atoms with van der Waals surface area (Å²) in [5.41, 5.74) is 2.38. The number of phenols is 1. The molecule has 0 bridgehead atoms. The van der Waals surface area contributed by atoms with Gasteiger partial charge >= 0.3 is 5.97 Å². The smallest absolute Gasteiger partial charge is 0.339 e. The van der Waals surface area contributed by atoms with Crippen molar-refractivity contribution in [3.8, 4) is 5.75 Å². The first-order valence-corrected chi connectivity index (χ1v) is 10.3. The summed E-state index contributed by atoms with van der Waals surface area (Å²) >= 11 is 0. The van der Waals surface area contributed by atoms with Gasteiger partial charge in [-0.3, -0.25) is 14.4 Å². The number of aryl methyl sites for hydroxylation is 2. The quantitative estimate of drug-likeness (QED) is 0.259. The number of anilines is 1. The first-order chi connectivity index (χ1) is 15.8. The van der Waals surface area contributed by atoms with Gasteiger partial charge in [0.2, 0.25) is 5.78 Å². The third kappa shape index (κ3) is 4.01. The second kappa shape index (κ2) is 8.70. The number of carbonyl (C=O) groups excluding carboxylic acids is 4. The largest absolute Gasteiger partial charge is 0.507 e. The molecule has 33 heavy (non-hydrogen) atoms. The van der Waals surface area contributed by atoms with Gasteiger partial charge in [0.1, 0.15) is 17.8 Å². The van der Waals surface area contributed by atoms with Crippen molar-refractivity contribution in [2.24, 2.45) is 5.92 Å². The fourth-order valence-electron chi connectivity index (χ4n) is 3.99. The maximum atomic E-state index is 13.4. The Labute approximate surface area is 190 Å². The number of amides is 1. The number of ketones is 2. The van der Waals surface area contributed by atoms with Crippen LogP contribution in [-0.2, 0) is 14.3 Å². The van der Waals surface area contributed by atoms with Gasteiger partial charge in [-0.1, -0.05) is 48.5 Å². The first kappa shape index (κ1) is 22.0. The summed E-state index contributed by atoms with van der Waals surface area (Å²) in [5, 5.41) is 12.8. The highest BCUT2D eigenvalue weighted by Gasteiger charge is 2.46. The van der Waals surface area contributed by atoms with Crippen LogP contribution >= 0.6 is 0 Å². The Balaban J connectivity index is 1.75. The highest BCUT2D eigenvalue weighted by atomic mass is 16.5. The standard InChI is InChI=1S/C26H21NO6/c1-14-8-7-9-15(2)21(14)27-25(31)23(30)20(22(29)18-12-5-6-13-19(18)28)24-16-10-3-4-11-17(16)26(32)33-24/h3-13,20,24,28H,1-2H3,(H,27,31)/t20-,24-/m1/s1. The van der Waals surface area contributed by atoms with Crippen LogP contribution in [-0.4, -0.2) is 28.5 Å². The minimum absolute atomic E-state index is 0.142. The summed E-state index contributed by atoms with van der Waals surface area (Å²) in [6.07, 6.45) is -1.29. The van der Waals surface area contributed by atoms with E-state index < -0.39 is 35.5 Å². The molecule has 1 aliphatic heterocycles. The Hall–Kier alpha value is -4.26. The van der Waals surface area contributed by atoms with Gasteiger partial charge in [0.15, 0.2) is 5.78 Å². The zero-order valence-electron chi connectivity index (χ0n) is 18.0. The van der Waals surface area contributed by atoms with Gasteiger partial charge in [0.25, 0.3) is 5.91 Å². The lowest BCUT2D eigenvalue weighted by molar-refractivity contribution is -0.138. The molecule has 1 heterocycles. The molecule has 166 valence electrons. The van der Waals surface area contributed by atoms with Crippen LogP contribution in [0.3, 0.4) is 0 Å². The topological polar surface area (TPSA) is 110 Å². The molecule has 0 fully saturated rings. The third-order valence-electron chi connectivity index (χ3n) is 5.70. The van der Waals surface area contributed by atoms with E-state index in [1.165, 1.54) is 30.3 Å². The number of rotatable bonds is 6. The van der Waals surface area contributed by atoms with Crippen molar-refractivity contribution in [1.82, 2.24) is 0 Å². The maximum Gasteiger partial charge on any atom is 0.339 e. The van der Waals surface area contributed by atoms with Gasteiger partial charge in [-0.15, -0.1) is 0 Å². The summed E-state index contributed by atoms with van der Waals surface area (Å²) in [5.74, 6) is -5.59. The Morgan fingerprint density at radius 2 is 1.55 bits per heavy atom. The summed E-state index contributed by atoms with van der Waals surface area (Å²) in [6, 6.07) is 17.5. The van der Waals surface area contributed by atoms with Crippen molar-refractivity contribution in [2.75, 3.05) is 5.32 Å². The SMILES string of the molecule is Cc1cccc(C)c1NC(=O)C(=O)[C@@H](C(=O)c1ccccc1O)[C@@H]1OC(=O)c2ccccc21. The van der Waals surface area contributed by atoms with Crippen LogP contribution in [0.2, 0.25) is 0 Å². The molecule has 0 aromatic heterocycles. The lowest BCUT2D eigenvalue weighted by Gasteiger charge is -2.21. The molecule has 1 aliphatic rings. The summed E-state index contributed by atoms with van der Waals surface area (Å²) in [7, 11) is 0. The van der Waals surface area contributed by atoms with Crippen LogP contribution in [0.25, 0.3) is 0 Å². The van der Waals surface area contributed by atoms with Crippen molar-refractivity contribution >= 4 is 29.1 Å². The number of carbonyl (C=O) groups is 4. The zero-order valence-corrected chi connectivity index (χ0v) is 18.0. The average molecular weight is 443 g/mol. The lowest BCUT2D eigenvalue weighted by atomic mass is 9.84. The van der Waals surface area contributed by atoms with Crippen molar-refractivity contribution < 1.29 is 29.0 Å². The average Bonchev–Trinajstić information content (AvgIpc) is 3.13. The minimum Gasteiger partial charge on any atom is -0.507 e. The number of hydrogen-bond acceptors (Lipinski definition) is 6. The highest BCUT2D eigenvalue weighted by Crippen LogP contribution is 2.39. The number of hydrogen-bond donors (Lipinski definition) is 2. The number of ether oxygens (including phenoxy) is 1. The molecule has 2 atom stereocenters. The molecule has 3 aromatic rings. The minimum atomic E-state index is -1.67. The van der Waals surface area contributed by atoms with Crippen LogP contribution in [0.4, 0.5) is 5.69 Å². The number of fused-ring (bicyclic) bond motifs is 1. The zero-order chi connectivity index (χ0) is 23.7. The van der Waals surface area contributed by atoms with E-state index in [4.69, 9.17) is 4.74 Å². The van der Waals surface area contributed by atoms with Gasteiger partial charge in [0, 0.05) is 11.3 Å². The number of nitrogens with one attached hydrogen (secondary N) is 1. The maximum absolute atomic E-state index is 13.4.